The molecule has 1 aliphatic rings. The molecule has 1 aromatic heterocycles. The standard InChI is InChI=1S/C14H21N3O3/c1-9-8-10(20-4)16-13(15-9)17-7-5-6-14(2,3)11(17)12(18)19/h8,11H,5-7H2,1-4H3,(H,18,19). The number of hydrogen-bond acceptors (Lipinski definition) is 5. The second kappa shape index (κ2) is 5.26. The summed E-state index contributed by atoms with van der Waals surface area (Å²) in [7, 11) is 1.54. The highest BCUT2D eigenvalue weighted by atomic mass is 16.5. The molecule has 0 radical (unpaired) electrons. The van der Waals surface area contributed by atoms with Crippen LogP contribution < -0.4 is 9.64 Å². The van der Waals surface area contributed by atoms with Crippen molar-refractivity contribution in [2.75, 3.05) is 18.6 Å². The van der Waals surface area contributed by atoms with Gasteiger partial charge in [-0.05, 0) is 25.2 Å². The molecule has 0 aliphatic carbocycles. The predicted octanol–water partition coefficient (Wildman–Crippen LogP) is 1.87. The van der Waals surface area contributed by atoms with Gasteiger partial charge in [-0.15, -0.1) is 0 Å². The van der Waals surface area contributed by atoms with Crippen molar-refractivity contribution in [1.82, 2.24) is 9.97 Å². The molecule has 1 aliphatic heterocycles. The monoisotopic (exact) mass is 279 g/mol. The van der Waals surface area contributed by atoms with Gasteiger partial charge in [0.2, 0.25) is 11.8 Å². The molecule has 2 rings (SSSR count). The number of carbonyl (C=O) groups is 1. The van der Waals surface area contributed by atoms with Crippen LogP contribution in [0.15, 0.2) is 6.07 Å². The summed E-state index contributed by atoms with van der Waals surface area (Å²) in [5.41, 5.74) is 0.448. The average molecular weight is 279 g/mol. The van der Waals surface area contributed by atoms with E-state index in [9.17, 15) is 9.90 Å². The highest BCUT2D eigenvalue weighted by Gasteiger charge is 2.43. The Morgan fingerprint density at radius 2 is 2.20 bits per heavy atom. The third-order valence-electron chi connectivity index (χ3n) is 3.79. The molecule has 6 heteroatoms. The number of rotatable bonds is 3. The molecule has 0 bridgehead atoms. The van der Waals surface area contributed by atoms with E-state index in [2.05, 4.69) is 9.97 Å². The molecule has 0 amide bonds. The topological polar surface area (TPSA) is 75.5 Å². The van der Waals surface area contributed by atoms with Crippen LogP contribution in [0.4, 0.5) is 5.95 Å². The summed E-state index contributed by atoms with van der Waals surface area (Å²) in [6.07, 6.45) is 1.81. The summed E-state index contributed by atoms with van der Waals surface area (Å²) in [5, 5.41) is 9.57. The van der Waals surface area contributed by atoms with Crippen molar-refractivity contribution in [2.24, 2.45) is 5.41 Å². The van der Waals surface area contributed by atoms with Gasteiger partial charge >= 0.3 is 5.97 Å². The van der Waals surface area contributed by atoms with Crippen molar-refractivity contribution in [3.05, 3.63) is 11.8 Å². The quantitative estimate of drug-likeness (QED) is 0.910. The van der Waals surface area contributed by atoms with Gasteiger partial charge in [0.15, 0.2) is 0 Å². The van der Waals surface area contributed by atoms with Crippen molar-refractivity contribution in [3.8, 4) is 5.88 Å². The minimum absolute atomic E-state index is 0.315. The third-order valence-corrected chi connectivity index (χ3v) is 3.79. The summed E-state index contributed by atoms with van der Waals surface area (Å²) < 4.78 is 5.15. The molecule has 1 saturated heterocycles. The van der Waals surface area contributed by atoms with E-state index in [1.165, 1.54) is 0 Å². The first-order valence-corrected chi connectivity index (χ1v) is 6.74. The maximum Gasteiger partial charge on any atom is 0.326 e. The lowest BCUT2D eigenvalue weighted by molar-refractivity contribution is -0.142. The fourth-order valence-electron chi connectivity index (χ4n) is 2.83. The zero-order valence-corrected chi connectivity index (χ0v) is 12.4. The van der Waals surface area contributed by atoms with E-state index in [1.54, 1.807) is 18.1 Å². The van der Waals surface area contributed by atoms with Gasteiger partial charge in [0.05, 0.1) is 7.11 Å². The highest BCUT2D eigenvalue weighted by molar-refractivity contribution is 5.78. The predicted molar refractivity (Wildman–Crippen MR) is 75.1 cm³/mol. The summed E-state index contributed by atoms with van der Waals surface area (Å²) in [4.78, 5) is 22.1. The van der Waals surface area contributed by atoms with Gasteiger partial charge in [-0.1, -0.05) is 13.8 Å². The van der Waals surface area contributed by atoms with E-state index in [4.69, 9.17) is 4.74 Å². The summed E-state index contributed by atoms with van der Waals surface area (Å²) >= 11 is 0. The minimum atomic E-state index is -0.834. The number of anilines is 1. The Morgan fingerprint density at radius 1 is 1.50 bits per heavy atom. The van der Waals surface area contributed by atoms with Crippen LogP contribution in [-0.4, -0.2) is 40.7 Å². The van der Waals surface area contributed by atoms with Crippen LogP contribution in [0.1, 0.15) is 32.4 Å². The van der Waals surface area contributed by atoms with Crippen molar-refractivity contribution in [3.63, 3.8) is 0 Å². The fraction of sp³-hybridized carbons (Fsp3) is 0.643. The molecule has 1 N–H and O–H groups in total. The number of ether oxygens (including phenoxy) is 1. The minimum Gasteiger partial charge on any atom is -0.481 e. The smallest absolute Gasteiger partial charge is 0.326 e. The van der Waals surface area contributed by atoms with Gasteiger partial charge in [0.25, 0.3) is 0 Å². The number of carboxylic acids is 1. The average Bonchev–Trinajstić information content (AvgIpc) is 2.35. The number of carboxylic acid groups (broad SMARTS) is 1. The Bertz CT molecular complexity index is 516. The molecule has 0 spiro atoms. The van der Waals surface area contributed by atoms with Gasteiger partial charge in [0, 0.05) is 18.3 Å². The Balaban J connectivity index is 2.43. The van der Waals surface area contributed by atoms with E-state index < -0.39 is 12.0 Å². The molecule has 0 saturated carbocycles. The lowest BCUT2D eigenvalue weighted by Gasteiger charge is -2.44. The number of aryl methyl sites for hydroxylation is 1. The van der Waals surface area contributed by atoms with Crippen LogP contribution in [0.25, 0.3) is 0 Å². The van der Waals surface area contributed by atoms with Crippen LogP contribution in [0.2, 0.25) is 0 Å². The molecule has 20 heavy (non-hydrogen) atoms. The van der Waals surface area contributed by atoms with Gasteiger partial charge in [-0.25, -0.2) is 9.78 Å². The van der Waals surface area contributed by atoms with Crippen LogP contribution in [-0.2, 0) is 4.79 Å². The van der Waals surface area contributed by atoms with E-state index in [1.807, 2.05) is 20.8 Å². The Hall–Kier alpha value is -1.85. The fourth-order valence-corrected chi connectivity index (χ4v) is 2.83. The van der Waals surface area contributed by atoms with Crippen molar-refractivity contribution in [2.45, 2.75) is 39.7 Å². The molecular weight excluding hydrogens is 258 g/mol. The SMILES string of the molecule is COc1cc(C)nc(N2CCCC(C)(C)C2C(=O)O)n1. The van der Waals surface area contributed by atoms with Gasteiger partial charge in [-0.3, -0.25) is 0 Å². The molecule has 6 nitrogen and oxygen atoms in total. The Labute approximate surface area is 118 Å². The van der Waals surface area contributed by atoms with E-state index in [0.29, 0.717) is 18.4 Å². The molecule has 2 heterocycles. The molecular formula is C14H21N3O3. The number of aliphatic carboxylic acids is 1. The number of nitrogens with zero attached hydrogens (tertiary/aromatic N) is 3. The maximum absolute atomic E-state index is 11.7. The summed E-state index contributed by atoms with van der Waals surface area (Å²) in [6.45, 7) is 6.45. The number of piperidine rings is 1. The van der Waals surface area contributed by atoms with E-state index >= 15 is 0 Å². The number of aromatic nitrogens is 2. The highest BCUT2D eigenvalue weighted by Crippen LogP contribution is 2.37. The molecule has 1 fully saturated rings. The molecule has 1 atom stereocenters. The lowest BCUT2D eigenvalue weighted by Crippen LogP contribution is -2.55. The first-order valence-electron chi connectivity index (χ1n) is 6.74. The molecule has 1 unspecified atom stereocenters. The Kier molecular flexibility index (Phi) is 3.83. The summed E-state index contributed by atoms with van der Waals surface area (Å²) in [6, 6.07) is 1.11. The Morgan fingerprint density at radius 3 is 2.80 bits per heavy atom. The van der Waals surface area contributed by atoms with Gasteiger partial charge in [0.1, 0.15) is 6.04 Å². The van der Waals surface area contributed by atoms with Crippen molar-refractivity contribution >= 4 is 11.9 Å². The van der Waals surface area contributed by atoms with Gasteiger partial charge < -0.3 is 14.7 Å². The second-order valence-corrected chi connectivity index (χ2v) is 5.88. The first kappa shape index (κ1) is 14.6. The maximum atomic E-state index is 11.7. The lowest BCUT2D eigenvalue weighted by atomic mass is 9.76. The second-order valence-electron chi connectivity index (χ2n) is 5.88. The molecule has 110 valence electrons. The zero-order chi connectivity index (χ0) is 14.9. The number of hydrogen-bond donors (Lipinski definition) is 1. The summed E-state index contributed by atoms with van der Waals surface area (Å²) in [5.74, 6) is 0.0563. The molecule has 1 aromatic rings. The normalized spacial score (nSPS) is 21.6. The van der Waals surface area contributed by atoms with Crippen molar-refractivity contribution < 1.29 is 14.6 Å². The molecule has 0 aromatic carbocycles. The zero-order valence-electron chi connectivity index (χ0n) is 12.4. The largest absolute Gasteiger partial charge is 0.481 e. The first-order chi connectivity index (χ1) is 9.35. The number of methoxy groups -OCH3 is 1. The van der Waals surface area contributed by atoms with Gasteiger partial charge in [-0.2, -0.15) is 4.98 Å². The van der Waals surface area contributed by atoms with Crippen LogP contribution in [0, 0.1) is 12.3 Å². The third kappa shape index (κ3) is 2.69. The van der Waals surface area contributed by atoms with E-state index in [-0.39, 0.29) is 5.41 Å². The van der Waals surface area contributed by atoms with Crippen LogP contribution in [0.3, 0.4) is 0 Å². The van der Waals surface area contributed by atoms with Crippen LogP contribution >= 0.6 is 0 Å². The van der Waals surface area contributed by atoms with Crippen molar-refractivity contribution in [1.29, 1.82) is 0 Å². The van der Waals surface area contributed by atoms with Crippen LogP contribution in [0.5, 0.6) is 5.88 Å². The van der Waals surface area contributed by atoms with E-state index in [0.717, 1.165) is 18.5 Å².